The van der Waals surface area contributed by atoms with E-state index < -0.39 is 60.0 Å². The maximum atomic E-state index is 13.9. The normalized spacial score (nSPS) is 12.8. The number of amides is 4. The first-order valence-electron chi connectivity index (χ1n) is 19.9. The second kappa shape index (κ2) is 22.8. The number of rotatable bonds is 22. The number of ether oxygens (including phenoxy) is 4. The molecule has 4 rings (SSSR count). The molecule has 14 heteroatoms. The van der Waals surface area contributed by atoms with Gasteiger partial charge in [0, 0.05) is 31.9 Å². The highest BCUT2D eigenvalue weighted by Crippen LogP contribution is 2.44. The molecular formula is C45H56N4O10. The van der Waals surface area contributed by atoms with Crippen molar-refractivity contribution in [1.82, 2.24) is 20.9 Å². The third-order valence-corrected chi connectivity index (χ3v) is 9.36. The number of nitrogens with one attached hydrogen (secondary N) is 3. The van der Waals surface area contributed by atoms with Gasteiger partial charge >= 0.3 is 18.2 Å². The minimum Gasteiger partial charge on any atom is -0.458 e. The second-order valence-electron chi connectivity index (χ2n) is 15.0. The van der Waals surface area contributed by atoms with Crippen molar-refractivity contribution in [2.24, 2.45) is 0 Å². The lowest BCUT2D eigenvalue weighted by Crippen LogP contribution is -2.53. The van der Waals surface area contributed by atoms with Gasteiger partial charge in [-0.25, -0.2) is 14.4 Å². The van der Waals surface area contributed by atoms with Gasteiger partial charge in [0.15, 0.2) is 5.78 Å². The maximum absolute atomic E-state index is 13.9. The summed E-state index contributed by atoms with van der Waals surface area (Å²) in [5.41, 5.74) is 4.34. The van der Waals surface area contributed by atoms with Gasteiger partial charge in [-0.1, -0.05) is 105 Å². The maximum Gasteiger partial charge on any atom is 0.408 e. The molecule has 0 aliphatic heterocycles. The highest BCUT2D eigenvalue weighted by molar-refractivity contribution is 5.92. The Morgan fingerprint density at radius 1 is 0.814 bits per heavy atom. The molecule has 0 spiro atoms. The average Bonchev–Trinajstić information content (AvgIpc) is 3.54. The van der Waals surface area contributed by atoms with Crippen LogP contribution in [0.3, 0.4) is 0 Å². The molecule has 0 heterocycles. The number of carbonyl (C=O) groups excluding carboxylic acids is 6. The minimum absolute atomic E-state index is 0.0569. The molecule has 0 saturated heterocycles. The Labute approximate surface area is 346 Å². The third kappa shape index (κ3) is 14.4. The van der Waals surface area contributed by atoms with Gasteiger partial charge in [-0.3, -0.25) is 14.4 Å². The third-order valence-electron chi connectivity index (χ3n) is 9.36. The molecule has 0 fully saturated rings. The zero-order valence-electron chi connectivity index (χ0n) is 34.3. The largest absolute Gasteiger partial charge is 0.458 e. The molecule has 59 heavy (non-hydrogen) atoms. The Bertz CT molecular complexity index is 1870. The van der Waals surface area contributed by atoms with Crippen molar-refractivity contribution in [3.05, 3.63) is 108 Å². The molecule has 0 unspecified atom stereocenters. The smallest absolute Gasteiger partial charge is 0.408 e. The standard InChI is InChI=1S/C45H56N4O10/c1-6-15-39(42(53)59-45(3,4)5)49(40(51)28-46-41(52)38(48-44(55)57-25-7-2)23-26-56-29-31-16-9-8-10-17-31)24-22-32(50)27-47-43(54)58-30-37-35-20-13-11-18-33(35)34-19-12-14-21-36(34)37/h7-14,16-21,37-39H,2,6,15,22-30H2,1,3-5H3,(H,46,52)(H,47,54)(H,48,55)/t38-,39-/m0/s1. The van der Waals surface area contributed by atoms with Gasteiger partial charge in [-0.2, -0.15) is 0 Å². The number of fused-ring (bicyclic) bond motifs is 3. The van der Waals surface area contributed by atoms with Crippen molar-refractivity contribution >= 4 is 35.8 Å². The Morgan fingerprint density at radius 3 is 2.08 bits per heavy atom. The monoisotopic (exact) mass is 812 g/mol. The van der Waals surface area contributed by atoms with E-state index in [0.717, 1.165) is 27.8 Å². The van der Waals surface area contributed by atoms with Crippen LogP contribution in [-0.4, -0.2) is 97.8 Å². The number of hydrogen-bond donors (Lipinski definition) is 3. The number of esters is 1. The summed E-state index contributed by atoms with van der Waals surface area (Å²) in [6, 6.07) is 23.1. The molecule has 0 radical (unpaired) electrons. The summed E-state index contributed by atoms with van der Waals surface area (Å²) in [6.45, 7) is 9.71. The van der Waals surface area contributed by atoms with Gasteiger partial charge < -0.3 is 39.8 Å². The molecule has 4 amide bonds. The minimum atomic E-state index is -1.13. The quantitative estimate of drug-likeness (QED) is 0.0484. The van der Waals surface area contributed by atoms with Crippen LogP contribution >= 0.6 is 0 Å². The fourth-order valence-electron chi connectivity index (χ4n) is 6.59. The fraction of sp³-hybridized carbons (Fsp3) is 0.422. The Kier molecular flexibility index (Phi) is 17.7. The number of hydrogen-bond acceptors (Lipinski definition) is 10. The summed E-state index contributed by atoms with van der Waals surface area (Å²) in [5.74, 6) is -2.59. The van der Waals surface area contributed by atoms with Gasteiger partial charge in [0.25, 0.3) is 0 Å². The summed E-state index contributed by atoms with van der Waals surface area (Å²) in [6.07, 6.45) is 0.309. The number of carbonyl (C=O) groups is 6. The van der Waals surface area contributed by atoms with Gasteiger partial charge in [0.05, 0.1) is 19.7 Å². The van der Waals surface area contributed by atoms with Gasteiger partial charge in [-0.05, 0) is 55.0 Å². The Morgan fingerprint density at radius 2 is 1.46 bits per heavy atom. The first-order valence-corrected chi connectivity index (χ1v) is 19.9. The van der Waals surface area contributed by atoms with Crippen molar-refractivity contribution in [2.45, 2.75) is 83.6 Å². The van der Waals surface area contributed by atoms with Crippen LogP contribution in [0.1, 0.15) is 76.0 Å². The van der Waals surface area contributed by atoms with Crippen molar-refractivity contribution in [3.63, 3.8) is 0 Å². The molecule has 3 aromatic rings. The Hall–Kier alpha value is -6.02. The van der Waals surface area contributed by atoms with Crippen molar-refractivity contribution in [2.75, 3.05) is 39.5 Å². The van der Waals surface area contributed by atoms with Crippen LogP contribution < -0.4 is 16.0 Å². The summed E-state index contributed by atoms with van der Waals surface area (Å²) in [7, 11) is 0. The first kappa shape index (κ1) is 45.7. The van der Waals surface area contributed by atoms with E-state index in [1.54, 1.807) is 20.8 Å². The highest BCUT2D eigenvalue weighted by atomic mass is 16.6. The van der Waals surface area contributed by atoms with E-state index in [1.165, 1.54) is 11.0 Å². The van der Waals surface area contributed by atoms with Gasteiger partial charge in [0.1, 0.15) is 30.9 Å². The van der Waals surface area contributed by atoms with Gasteiger partial charge in [-0.15, -0.1) is 0 Å². The highest BCUT2D eigenvalue weighted by Gasteiger charge is 2.34. The lowest BCUT2D eigenvalue weighted by molar-refractivity contribution is -0.165. The lowest BCUT2D eigenvalue weighted by Gasteiger charge is -2.32. The van der Waals surface area contributed by atoms with Gasteiger partial charge in [0.2, 0.25) is 11.8 Å². The molecule has 316 valence electrons. The van der Waals surface area contributed by atoms with E-state index in [2.05, 4.69) is 22.5 Å². The summed E-state index contributed by atoms with van der Waals surface area (Å²) in [5, 5.41) is 7.56. The van der Waals surface area contributed by atoms with Crippen LogP contribution in [0.2, 0.25) is 0 Å². The van der Waals surface area contributed by atoms with Crippen LogP contribution in [0.15, 0.2) is 91.5 Å². The van der Waals surface area contributed by atoms with Crippen LogP contribution in [-0.2, 0) is 44.7 Å². The lowest BCUT2D eigenvalue weighted by atomic mass is 9.98. The topological polar surface area (TPSA) is 179 Å². The van der Waals surface area contributed by atoms with Crippen molar-refractivity contribution in [1.29, 1.82) is 0 Å². The molecule has 2 atom stereocenters. The molecule has 14 nitrogen and oxygen atoms in total. The van der Waals surface area contributed by atoms with E-state index in [4.69, 9.17) is 18.9 Å². The molecule has 3 aromatic carbocycles. The van der Waals surface area contributed by atoms with E-state index in [1.807, 2.05) is 85.8 Å². The molecule has 0 bridgehead atoms. The number of Topliss-reactive ketones (excluding diaryl/α,β-unsaturated/α-hetero) is 1. The molecular weight excluding hydrogens is 757 g/mol. The zero-order valence-corrected chi connectivity index (χ0v) is 34.3. The predicted molar refractivity (Wildman–Crippen MR) is 221 cm³/mol. The van der Waals surface area contributed by atoms with E-state index >= 15 is 0 Å². The number of benzene rings is 3. The molecule has 0 aromatic heterocycles. The van der Waals surface area contributed by atoms with E-state index in [0.29, 0.717) is 6.42 Å². The summed E-state index contributed by atoms with van der Waals surface area (Å²) in [4.78, 5) is 80.2. The van der Waals surface area contributed by atoms with Crippen molar-refractivity contribution in [3.8, 4) is 11.1 Å². The summed E-state index contributed by atoms with van der Waals surface area (Å²) < 4.78 is 21.9. The number of alkyl carbamates (subject to hydrolysis) is 2. The average molecular weight is 813 g/mol. The number of ketones is 1. The van der Waals surface area contributed by atoms with Crippen LogP contribution in [0.5, 0.6) is 0 Å². The summed E-state index contributed by atoms with van der Waals surface area (Å²) >= 11 is 0. The fourth-order valence-corrected chi connectivity index (χ4v) is 6.59. The molecule has 0 saturated carbocycles. The SMILES string of the molecule is C=CCOC(=O)N[C@@H](CCOCc1ccccc1)C(=O)NCC(=O)N(CCC(=O)CNC(=O)OCC1c2ccccc2-c2ccccc21)[C@@H](CCC)C(=O)OC(C)(C)C. The molecule has 3 N–H and O–H groups in total. The predicted octanol–water partition coefficient (Wildman–Crippen LogP) is 5.83. The van der Waals surface area contributed by atoms with Crippen molar-refractivity contribution < 1.29 is 47.7 Å². The van der Waals surface area contributed by atoms with E-state index in [-0.39, 0.29) is 64.7 Å². The van der Waals surface area contributed by atoms with Crippen LogP contribution in [0.25, 0.3) is 11.1 Å². The van der Waals surface area contributed by atoms with Crippen LogP contribution in [0, 0.1) is 0 Å². The van der Waals surface area contributed by atoms with E-state index in [9.17, 15) is 28.8 Å². The Balaban J connectivity index is 1.36. The molecule has 1 aliphatic carbocycles. The first-order chi connectivity index (χ1) is 28.3. The second-order valence-corrected chi connectivity index (χ2v) is 15.0. The number of nitrogens with zero attached hydrogens (tertiary/aromatic N) is 1. The van der Waals surface area contributed by atoms with Crippen LogP contribution in [0.4, 0.5) is 9.59 Å². The zero-order chi connectivity index (χ0) is 42.8. The molecule has 1 aliphatic rings.